The number of carbonyl (C=O) groups is 3. The van der Waals surface area contributed by atoms with E-state index >= 15 is 0 Å². The number of halogens is 1. The number of carbonyl (C=O) groups excluding carboxylic acids is 3. The summed E-state index contributed by atoms with van der Waals surface area (Å²) in [5.74, 6) is -1.37. The minimum Gasteiger partial charge on any atom is -0.445 e. The van der Waals surface area contributed by atoms with Crippen LogP contribution in [0.25, 0.3) is 0 Å². The molecule has 0 saturated heterocycles. The molecule has 0 fully saturated rings. The fourth-order valence-corrected chi connectivity index (χ4v) is 2.60. The lowest BCUT2D eigenvalue weighted by Gasteiger charge is -2.22. The monoisotopic (exact) mass is 401 g/mol. The fraction of sp³-hybridized carbons (Fsp3) is 0.286. The summed E-state index contributed by atoms with van der Waals surface area (Å²) in [4.78, 5) is 35.9. The average molecular weight is 401 g/mol. The molecule has 3 N–H and O–H groups in total. The summed E-state index contributed by atoms with van der Waals surface area (Å²) in [5, 5.41) is 7.37. The molecule has 29 heavy (non-hydrogen) atoms. The fourth-order valence-electron chi connectivity index (χ4n) is 2.60. The number of alkyl carbamates (subject to hydrolysis) is 1. The maximum absolute atomic E-state index is 12.6. The Balaban J connectivity index is 1.98. The molecular weight excluding hydrogens is 377 g/mol. The molecule has 2 aromatic carbocycles. The van der Waals surface area contributed by atoms with Crippen LogP contribution in [0.15, 0.2) is 60.7 Å². The molecule has 2 rings (SSSR count). The van der Waals surface area contributed by atoms with E-state index in [4.69, 9.17) is 4.74 Å². The Bertz CT molecular complexity index is 802. The van der Waals surface area contributed by atoms with Crippen LogP contribution in [0.5, 0.6) is 0 Å². The van der Waals surface area contributed by atoms with Crippen molar-refractivity contribution in [1.29, 1.82) is 0 Å². The third kappa shape index (κ3) is 8.00. The second kappa shape index (κ2) is 11.4. The first-order valence-electron chi connectivity index (χ1n) is 9.14. The zero-order valence-electron chi connectivity index (χ0n) is 16.1. The van der Waals surface area contributed by atoms with Crippen molar-refractivity contribution in [2.24, 2.45) is 0 Å². The maximum Gasteiger partial charge on any atom is 0.408 e. The third-order valence-electron chi connectivity index (χ3n) is 3.96. The van der Waals surface area contributed by atoms with Crippen molar-refractivity contribution >= 4 is 17.9 Å². The van der Waals surface area contributed by atoms with E-state index < -0.39 is 36.8 Å². The van der Waals surface area contributed by atoms with Crippen molar-refractivity contribution in [3.05, 3.63) is 71.8 Å². The second-order valence-electron chi connectivity index (χ2n) is 6.38. The molecule has 2 atom stereocenters. The Labute approximate surface area is 168 Å². The highest BCUT2D eigenvalue weighted by molar-refractivity contribution is 5.86. The van der Waals surface area contributed by atoms with Crippen molar-refractivity contribution in [3.8, 4) is 0 Å². The van der Waals surface area contributed by atoms with Crippen LogP contribution in [0, 0.1) is 0 Å². The summed E-state index contributed by atoms with van der Waals surface area (Å²) in [6.45, 7) is 0.381. The Hall–Kier alpha value is -3.42. The quantitative estimate of drug-likeness (QED) is 0.561. The number of hydrogen-bond acceptors (Lipinski definition) is 4. The molecule has 0 saturated carbocycles. The summed E-state index contributed by atoms with van der Waals surface area (Å²) in [6, 6.07) is 17.3. The smallest absolute Gasteiger partial charge is 0.408 e. The molecule has 0 unspecified atom stereocenters. The van der Waals surface area contributed by atoms with Gasteiger partial charge in [-0.1, -0.05) is 60.7 Å². The topological polar surface area (TPSA) is 96.5 Å². The first-order valence-corrected chi connectivity index (χ1v) is 9.14. The van der Waals surface area contributed by atoms with E-state index in [1.54, 1.807) is 0 Å². The summed E-state index contributed by atoms with van der Waals surface area (Å²) < 4.78 is 17.5. The minimum absolute atomic E-state index is 0.0648. The van der Waals surface area contributed by atoms with Crippen LogP contribution in [0.3, 0.4) is 0 Å². The number of nitrogens with one attached hydrogen (secondary N) is 3. The van der Waals surface area contributed by atoms with Crippen molar-refractivity contribution in [2.45, 2.75) is 32.2 Å². The lowest BCUT2D eigenvalue weighted by molar-refractivity contribution is -0.125. The van der Waals surface area contributed by atoms with Crippen LogP contribution >= 0.6 is 0 Å². The van der Waals surface area contributed by atoms with Gasteiger partial charge in [-0.3, -0.25) is 9.59 Å². The van der Waals surface area contributed by atoms with E-state index in [-0.39, 0.29) is 13.0 Å². The lowest BCUT2D eigenvalue weighted by Crippen LogP contribution is -2.54. The summed E-state index contributed by atoms with van der Waals surface area (Å²) in [7, 11) is 0. The Morgan fingerprint density at radius 3 is 2.07 bits per heavy atom. The first kappa shape index (κ1) is 21.9. The van der Waals surface area contributed by atoms with Gasteiger partial charge in [-0.05, 0) is 18.1 Å². The number of ether oxygens (including phenoxy) is 1. The SMILES string of the molecule is C[C@@H](NC(=O)CF)NC(=O)[C@H](Cc1ccccc1)NC(=O)OCc1ccccc1. The van der Waals surface area contributed by atoms with Crippen LogP contribution in [-0.2, 0) is 27.4 Å². The van der Waals surface area contributed by atoms with Crippen molar-refractivity contribution in [1.82, 2.24) is 16.0 Å². The standard InChI is InChI=1S/C21H24FN3O4/c1-15(23-19(26)13-22)24-20(27)18(12-16-8-4-2-5-9-16)25-21(28)29-14-17-10-6-3-7-11-17/h2-11,15,18H,12-14H2,1H3,(H,23,26)(H,24,27)(H,25,28)/t15-,18-/m0/s1. The summed E-state index contributed by atoms with van der Waals surface area (Å²) in [6.07, 6.45) is -1.33. The van der Waals surface area contributed by atoms with E-state index in [0.29, 0.717) is 0 Å². The van der Waals surface area contributed by atoms with Gasteiger partial charge in [0.05, 0.1) is 6.17 Å². The van der Waals surface area contributed by atoms with Gasteiger partial charge in [0.25, 0.3) is 5.91 Å². The molecule has 7 nitrogen and oxygen atoms in total. The van der Waals surface area contributed by atoms with Gasteiger partial charge in [0.2, 0.25) is 5.91 Å². The van der Waals surface area contributed by atoms with Crippen LogP contribution in [0.1, 0.15) is 18.1 Å². The second-order valence-corrected chi connectivity index (χ2v) is 6.38. The number of hydrogen-bond donors (Lipinski definition) is 3. The van der Waals surface area contributed by atoms with Crippen LogP contribution < -0.4 is 16.0 Å². The number of amides is 3. The highest BCUT2D eigenvalue weighted by Gasteiger charge is 2.23. The molecule has 2 aromatic rings. The molecule has 0 aliphatic heterocycles. The normalized spacial score (nSPS) is 12.3. The predicted octanol–water partition coefficient (Wildman–Crippen LogP) is 2.07. The van der Waals surface area contributed by atoms with Crippen molar-refractivity contribution < 1.29 is 23.5 Å². The van der Waals surface area contributed by atoms with Gasteiger partial charge in [-0.2, -0.15) is 0 Å². The minimum atomic E-state index is -1.18. The van der Waals surface area contributed by atoms with Gasteiger partial charge >= 0.3 is 6.09 Å². The van der Waals surface area contributed by atoms with E-state index in [1.165, 1.54) is 6.92 Å². The molecular formula is C21H24FN3O4. The Morgan fingerprint density at radius 2 is 1.48 bits per heavy atom. The van der Waals surface area contributed by atoms with Gasteiger partial charge in [0.1, 0.15) is 12.6 Å². The molecule has 0 aliphatic rings. The van der Waals surface area contributed by atoms with Crippen LogP contribution in [0.2, 0.25) is 0 Å². The van der Waals surface area contributed by atoms with Gasteiger partial charge in [0, 0.05) is 6.42 Å². The van der Waals surface area contributed by atoms with Crippen molar-refractivity contribution in [3.63, 3.8) is 0 Å². The zero-order valence-corrected chi connectivity index (χ0v) is 16.1. The number of alkyl halides is 1. The third-order valence-corrected chi connectivity index (χ3v) is 3.96. The number of rotatable bonds is 9. The van der Waals surface area contributed by atoms with E-state index in [9.17, 15) is 18.8 Å². The van der Waals surface area contributed by atoms with Crippen LogP contribution in [-0.4, -0.2) is 36.8 Å². The molecule has 0 spiro atoms. The molecule has 8 heteroatoms. The zero-order chi connectivity index (χ0) is 21.1. The highest BCUT2D eigenvalue weighted by Crippen LogP contribution is 2.05. The number of benzene rings is 2. The molecule has 0 bridgehead atoms. The van der Waals surface area contributed by atoms with Gasteiger partial charge in [0.15, 0.2) is 6.67 Å². The summed E-state index contributed by atoms with van der Waals surface area (Å²) >= 11 is 0. The van der Waals surface area contributed by atoms with E-state index in [2.05, 4.69) is 16.0 Å². The lowest BCUT2D eigenvalue weighted by atomic mass is 10.1. The van der Waals surface area contributed by atoms with Gasteiger partial charge in [-0.15, -0.1) is 0 Å². The van der Waals surface area contributed by atoms with Crippen molar-refractivity contribution in [2.75, 3.05) is 6.67 Å². The Morgan fingerprint density at radius 1 is 0.897 bits per heavy atom. The van der Waals surface area contributed by atoms with E-state index in [0.717, 1.165) is 11.1 Å². The average Bonchev–Trinajstić information content (AvgIpc) is 2.73. The van der Waals surface area contributed by atoms with Crippen LogP contribution in [0.4, 0.5) is 9.18 Å². The Kier molecular flexibility index (Phi) is 8.62. The maximum atomic E-state index is 12.6. The molecule has 0 aromatic heterocycles. The largest absolute Gasteiger partial charge is 0.445 e. The van der Waals surface area contributed by atoms with Gasteiger partial charge in [-0.25, -0.2) is 9.18 Å². The molecule has 0 heterocycles. The molecule has 154 valence electrons. The highest BCUT2D eigenvalue weighted by atomic mass is 19.1. The van der Waals surface area contributed by atoms with E-state index in [1.807, 2.05) is 60.7 Å². The molecule has 3 amide bonds. The van der Waals surface area contributed by atoms with Gasteiger partial charge < -0.3 is 20.7 Å². The predicted molar refractivity (Wildman–Crippen MR) is 105 cm³/mol. The summed E-state index contributed by atoms with van der Waals surface area (Å²) in [5.41, 5.74) is 1.64. The molecule has 0 radical (unpaired) electrons. The molecule has 0 aliphatic carbocycles. The first-order chi connectivity index (χ1) is 14.0.